The lowest BCUT2D eigenvalue weighted by atomic mass is 9.71. The maximum absolute atomic E-state index is 13.7. The van der Waals surface area contributed by atoms with Crippen LogP contribution in [0, 0.1) is 0 Å². The summed E-state index contributed by atoms with van der Waals surface area (Å²) in [7, 11) is 1.73. The van der Waals surface area contributed by atoms with Crippen molar-refractivity contribution in [1.29, 1.82) is 0 Å². The molecule has 3 aromatic rings. The minimum Gasteiger partial charge on any atom is -0.378 e. The summed E-state index contributed by atoms with van der Waals surface area (Å²) in [5.74, 6) is 0.119. The van der Waals surface area contributed by atoms with E-state index in [0.29, 0.717) is 18.7 Å². The molecular weight excluding hydrogens is 450 g/mol. The number of ether oxygens (including phenoxy) is 1. The number of aromatic nitrogens is 1. The molecule has 1 spiro atoms. The van der Waals surface area contributed by atoms with Crippen LogP contribution in [0.3, 0.4) is 0 Å². The second-order valence-electron chi connectivity index (χ2n) is 10.3. The zero-order valence-electron chi connectivity index (χ0n) is 20.5. The van der Waals surface area contributed by atoms with E-state index in [2.05, 4.69) is 45.5 Å². The molecule has 0 unspecified atom stereocenters. The zero-order chi connectivity index (χ0) is 24.8. The van der Waals surface area contributed by atoms with Gasteiger partial charge in [-0.2, -0.15) is 0 Å². The quantitative estimate of drug-likeness (QED) is 0.594. The minimum absolute atomic E-state index is 0.137. The fraction of sp³-hybridized carbons (Fsp3) is 0.367. The van der Waals surface area contributed by atoms with Crippen LogP contribution in [0.5, 0.6) is 0 Å². The van der Waals surface area contributed by atoms with Crippen molar-refractivity contribution >= 4 is 11.8 Å². The molecule has 3 aliphatic rings. The number of hydrogen-bond acceptors (Lipinski definition) is 4. The molecule has 184 valence electrons. The summed E-state index contributed by atoms with van der Waals surface area (Å²) in [6.07, 6.45) is 6.50. The molecule has 6 rings (SSSR count). The van der Waals surface area contributed by atoms with Gasteiger partial charge in [0.15, 0.2) is 0 Å². The average molecular weight is 482 g/mol. The molecular formula is C30H31N3O3. The first kappa shape index (κ1) is 22.9. The van der Waals surface area contributed by atoms with Gasteiger partial charge in [0.25, 0.3) is 5.91 Å². The number of rotatable bonds is 5. The number of pyridine rings is 1. The SMILES string of the molecule is CO[C@@H]1[C@@H](NC(=O)c2ccncc2)c2ccccc2C12CCN(C(=O)C1(c3ccccc3)CC1)CC2. The summed E-state index contributed by atoms with van der Waals surface area (Å²) in [6.45, 7) is 1.37. The highest BCUT2D eigenvalue weighted by atomic mass is 16.5. The summed E-state index contributed by atoms with van der Waals surface area (Å²) in [5.41, 5.74) is 3.45. The van der Waals surface area contributed by atoms with E-state index in [-0.39, 0.29) is 34.8 Å². The molecule has 2 fully saturated rings. The molecule has 0 radical (unpaired) electrons. The van der Waals surface area contributed by atoms with Crippen molar-refractivity contribution in [3.8, 4) is 0 Å². The van der Waals surface area contributed by atoms with Crippen LogP contribution in [-0.4, -0.2) is 48.0 Å². The third-order valence-corrected chi connectivity index (χ3v) is 8.59. The number of carbonyl (C=O) groups is 2. The highest BCUT2D eigenvalue weighted by Crippen LogP contribution is 2.54. The molecule has 2 amide bonds. The first-order chi connectivity index (χ1) is 17.6. The van der Waals surface area contributed by atoms with Crippen molar-refractivity contribution in [1.82, 2.24) is 15.2 Å². The van der Waals surface area contributed by atoms with Gasteiger partial charge < -0.3 is 15.0 Å². The maximum Gasteiger partial charge on any atom is 0.251 e. The topological polar surface area (TPSA) is 71.5 Å². The number of likely N-dealkylation sites (tertiary alicyclic amines) is 1. The van der Waals surface area contributed by atoms with E-state index >= 15 is 0 Å². The predicted molar refractivity (Wildman–Crippen MR) is 137 cm³/mol. The molecule has 36 heavy (non-hydrogen) atoms. The van der Waals surface area contributed by atoms with Crippen LogP contribution in [0.2, 0.25) is 0 Å². The second-order valence-corrected chi connectivity index (χ2v) is 10.3. The minimum atomic E-state index is -0.346. The number of methoxy groups -OCH3 is 1. The molecule has 1 N–H and O–H groups in total. The summed E-state index contributed by atoms with van der Waals surface area (Å²) in [4.78, 5) is 32.9. The number of nitrogens with zero attached hydrogens (tertiary/aromatic N) is 2. The largest absolute Gasteiger partial charge is 0.378 e. The van der Waals surface area contributed by atoms with Crippen molar-refractivity contribution < 1.29 is 14.3 Å². The smallest absolute Gasteiger partial charge is 0.251 e. The Morgan fingerprint density at radius 3 is 2.25 bits per heavy atom. The third kappa shape index (κ3) is 3.54. The Labute approximate surface area is 211 Å². The summed E-state index contributed by atoms with van der Waals surface area (Å²) < 4.78 is 6.15. The standard InChI is InChI=1S/C30H31N3O3/c1-36-26-25(32-27(34)21-11-17-31-18-12-21)23-9-5-6-10-24(23)30(26)15-19-33(20-16-30)28(35)29(13-14-29)22-7-3-2-4-8-22/h2-12,17-18,25-26H,13-16,19-20H2,1H3,(H,32,34)/t25-,26+/m0/s1. The van der Waals surface area contributed by atoms with E-state index < -0.39 is 0 Å². The van der Waals surface area contributed by atoms with Gasteiger partial charge >= 0.3 is 0 Å². The number of amides is 2. The van der Waals surface area contributed by atoms with Crippen molar-refractivity contribution in [2.75, 3.05) is 20.2 Å². The van der Waals surface area contributed by atoms with Crippen molar-refractivity contribution in [3.63, 3.8) is 0 Å². The average Bonchev–Trinajstić information content (AvgIpc) is 3.72. The third-order valence-electron chi connectivity index (χ3n) is 8.59. The molecule has 2 aliphatic carbocycles. The van der Waals surface area contributed by atoms with Gasteiger partial charge in [-0.1, -0.05) is 54.6 Å². The Morgan fingerprint density at radius 2 is 1.58 bits per heavy atom. The fourth-order valence-corrected chi connectivity index (χ4v) is 6.57. The summed E-state index contributed by atoms with van der Waals surface area (Å²) in [5, 5.41) is 3.24. The van der Waals surface area contributed by atoms with Crippen molar-refractivity contribution in [2.24, 2.45) is 0 Å². The van der Waals surface area contributed by atoms with Crippen LogP contribution in [-0.2, 0) is 20.4 Å². The molecule has 2 heterocycles. The molecule has 1 aliphatic heterocycles. The van der Waals surface area contributed by atoms with Gasteiger partial charge in [0.1, 0.15) is 0 Å². The van der Waals surface area contributed by atoms with Crippen LogP contribution < -0.4 is 5.32 Å². The van der Waals surface area contributed by atoms with E-state index in [1.165, 1.54) is 5.56 Å². The predicted octanol–water partition coefficient (Wildman–Crippen LogP) is 4.17. The number of carbonyl (C=O) groups excluding carboxylic acids is 2. The molecule has 1 saturated carbocycles. The maximum atomic E-state index is 13.7. The van der Waals surface area contributed by atoms with Crippen LogP contribution in [0.15, 0.2) is 79.1 Å². The molecule has 6 heteroatoms. The summed E-state index contributed by atoms with van der Waals surface area (Å²) in [6, 6.07) is 21.7. The molecule has 1 aromatic heterocycles. The zero-order valence-corrected chi connectivity index (χ0v) is 20.5. The normalized spacial score (nSPS) is 23.2. The Balaban J connectivity index is 1.25. The number of nitrogens with one attached hydrogen (secondary N) is 1. The van der Waals surface area contributed by atoms with Gasteiger partial charge in [-0.25, -0.2) is 0 Å². The lowest BCUT2D eigenvalue weighted by Crippen LogP contribution is -2.53. The molecule has 2 atom stereocenters. The Bertz CT molecular complexity index is 1260. The van der Waals surface area contributed by atoms with Gasteiger partial charge in [0.05, 0.1) is 17.6 Å². The van der Waals surface area contributed by atoms with Gasteiger partial charge in [0.2, 0.25) is 5.91 Å². The van der Waals surface area contributed by atoms with Crippen LogP contribution in [0.25, 0.3) is 0 Å². The van der Waals surface area contributed by atoms with Gasteiger partial charge in [-0.15, -0.1) is 0 Å². The first-order valence-electron chi connectivity index (χ1n) is 12.8. The number of fused-ring (bicyclic) bond motifs is 2. The van der Waals surface area contributed by atoms with Gasteiger partial charge in [0, 0.05) is 43.6 Å². The van der Waals surface area contributed by atoms with E-state index in [1.54, 1.807) is 31.6 Å². The van der Waals surface area contributed by atoms with Crippen molar-refractivity contribution in [2.45, 2.75) is 48.7 Å². The van der Waals surface area contributed by atoms with Crippen LogP contribution in [0.1, 0.15) is 58.8 Å². The summed E-state index contributed by atoms with van der Waals surface area (Å²) >= 11 is 0. The van der Waals surface area contributed by atoms with Crippen LogP contribution >= 0.6 is 0 Å². The Morgan fingerprint density at radius 1 is 0.917 bits per heavy atom. The number of hydrogen-bond donors (Lipinski definition) is 1. The van der Waals surface area contributed by atoms with Crippen LogP contribution in [0.4, 0.5) is 0 Å². The van der Waals surface area contributed by atoms with E-state index in [0.717, 1.165) is 36.8 Å². The lowest BCUT2D eigenvalue weighted by Gasteiger charge is -2.44. The van der Waals surface area contributed by atoms with E-state index in [4.69, 9.17) is 4.74 Å². The Hall–Kier alpha value is -3.51. The second kappa shape index (κ2) is 8.86. The highest BCUT2D eigenvalue weighted by Gasteiger charge is 2.57. The fourth-order valence-electron chi connectivity index (χ4n) is 6.57. The molecule has 1 saturated heterocycles. The van der Waals surface area contributed by atoms with Gasteiger partial charge in [-0.3, -0.25) is 14.6 Å². The number of piperidine rings is 1. The molecule has 0 bridgehead atoms. The van der Waals surface area contributed by atoms with E-state index in [9.17, 15) is 9.59 Å². The van der Waals surface area contributed by atoms with Gasteiger partial charge in [-0.05, 0) is 54.5 Å². The van der Waals surface area contributed by atoms with E-state index in [1.807, 2.05) is 24.3 Å². The Kier molecular flexibility index (Phi) is 5.64. The lowest BCUT2D eigenvalue weighted by molar-refractivity contribution is -0.136. The van der Waals surface area contributed by atoms with Crippen molar-refractivity contribution in [3.05, 3.63) is 101 Å². The molecule has 2 aromatic carbocycles. The highest BCUT2D eigenvalue weighted by molar-refractivity contribution is 5.94. The monoisotopic (exact) mass is 481 g/mol. The molecule has 6 nitrogen and oxygen atoms in total. The first-order valence-corrected chi connectivity index (χ1v) is 12.8. The number of benzene rings is 2.